The zero-order chi connectivity index (χ0) is 9.68. The molecule has 0 saturated heterocycles. The van der Waals surface area contributed by atoms with Crippen molar-refractivity contribution in [3.63, 3.8) is 0 Å². The van der Waals surface area contributed by atoms with Crippen LogP contribution in [0.4, 0.5) is 5.69 Å². The molecular weight excluding hydrogens is 230 g/mol. The number of methoxy groups -OCH3 is 1. The normalized spacial score (nSPS) is 10.1. The van der Waals surface area contributed by atoms with Gasteiger partial charge in [-0.25, -0.2) is 0 Å². The molecule has 13 heavy (non-hydrogen) atoms. The van der Waals surface area contributed by atoms with E-state index >= 15 is 0 Å². The van der Waals surface area contributed by atoms with Gasteiger partial charge < -0.3 is 10.1 Å². The number of ether oxygens (including phenoxy) is 1. The molecule has 2 nitrogen and oxygen atoms in total. The van der Waals surface area contributed by atoms with E-state index in [4.69, 9.17) is 4.74 Å². The van der Waals surface area contributed by atoms with Gasteiger partial charge in [-0.1, -0.05) is 12.1 Å². The van der Waals surface area contributed by atoms with Crippen LogP contribution in [0.1, 0.15) is 5.56 Å². The van der Waals surface area contributed by atoms with Gasteiger partial charge in [0.2, 0.25) is 0 Å². The lowest BCUT2D eigenvalue weighted by molar-refractivity contribution is 0.211. The Labute approximate surface area is 87.4 Å². The Hall–Kier alpha value is -0.540. The number of rotatable bonds is 4. The van der Waals surface area contributed by atoms with E-state index in [-0.39, 0.29) is 0 Å². The topological polar surface area (TPSA) is 21.3 Å². The number of hydrogen-bond acceptors (Lipinski definition) is 2. The summed E-state index contributed by atoms with van der Waals surface area (Å²) in [5.74, 6) is 0. The van der Waals surface area contributed by atoms with Crippen molar-refractivity contribution in [2.24, 2.45) is 0 Å². The van der Waals surface area contributed by atoms with Crippen molar-refractivity contribution in [1.82, 2.24) is 0 Å². The third kappa shape index (κ3) is 3.01. The average Bonchev–Trinajstić information content (AvgIpc) is 2.10. The summed E-state index contributed by atoms with van der Waals surface area (Å²) in [6.45, 7) is 3.64. The highest BCUT2D eigenvalue weighted by atomic mass is 79.9. The summed E-state index contributed by atoms with van der Waals surface area (Å²) >= 11 is 3.50. The number of hydrogen-bond donors (Lipinski definition) is 1. The van der Waals surface area contributed by atoms with Crippen molar-refractivity contribution in [2.75, 3.05) is 25.6 Å². The smallest absolute Gasteiger partial charge is 0.0635 e. The van der Waals surface area contributed by atoms with Gasteiger partial charge in [0.1, 0.15) is 0 Å². The molecule has 0 atom stereocenters. The molecule has 0 aromatic heterocycles. The maximum Gasteiger partial charge on any atom is 0.0635 e. The summed E-state index contributed by atoms with van der Waals surface area (Å²) < 4.78 is 6.07. The Balaban J connectivity index is 2.64. The van der Waals surface area contributed by atoms with Gasteiger partial charge in [0.25, 0.3) is 0 Å². The summed E-state index contributed by atoms with van der Waals surface area (Å²) in [5.41, 5.74) is 2.39. The third-order valence-electron chi connectivity index (χ3n) is 1.83. The first-order valence-electron chi connectivity index (χ1n) is 4.23. The summed E-state index contributed by atoms with van der Waals surface area (Å²) in [4.78, 5) is 0. The largest absolute Gasteiger partial charge is 0.383 e. The molecule has 0 aliphatic rings. The summed E-state index contributed by atoms with van der Waals surface area (Å²) in [6, 6.07) is 6.14. The summed E-state index contributed by atoms with van der Waals surface area (Å²) in [6.07, 6.45) is 0. The lowest BCUT2D eigenvalue weighted by Crippen LogP contribution is -2.08. The van der Waals surface area contributed by atoms with Crippen LogP contribution in [0.25, 0.3) is 0 Å². The first-order valence-corrected chi connectivity index (χ1v) is 5.03. The highest BCUT2D eigenvalue weighted by Gasteiger charge is 2.00. The van der Waals surface area contributed by atoms with Crippen molar-refractivity contribution < 1.29 is 4.74 Å². The Morgan fingerprint density at radius 3 is 2.85 bits per heavy atom. The molecule has 0 aliphatic heterocycles. The molecule has 0 unspecified atom stereocenters. The van der Waals surface area contributed by atoms with E-state index in [1.807, 2.05) is 12.1 Å². The van der Waals surface area contributed by atoms with Crippen molar-refractivity contribution in [2.45, 2.75) is 6.92 Å². The molecule has 1 aromatic rings. The summed E-state index contributed by atoms with van der Waals surface area (Å²) in [7, 11) is 1.70. The van der Waals surface area contributed by atoms with Crippen molar-refractivity contribution in [3.05, 3.63) is 28.2 Å². The van der Waals surface area contributed by atoms with Crippen LogP contribution in [0.15, 0.2) is 22.7 Å². The molecule has 1 N–H and O–H groups in total. The lowest BCUT2D eigenvalue weighted by atomic mass is 10.2. The van der Waals surface area contributed by atoms with Gasteiger partial charge >= 0.3 is 0 Å². The Morgan fingerprint density at radius 1 is 1.46 bits per heavy atom. The average molecular weight is 244 g/mol. The predicted octanol–water partition coefficient (Wildman–Crippen LogP) is 2.82. The molecule has 3 heteroatoms. The van der Waals surface area contributed by atoms with Crippen LogP contribution in [-0.4, -0.2) is 20.3 Å². The maximum atomic E-state index is 4.97. The lowest BCUT2D eigenvalue weighted by Gasteiger charge is -2.10. The van der Waals surface area contributed by atoms with Gasteiger partial charge in [0.05, 0.1) is 12.3 Å². The third-order valence-corrected chi connectivity index (χ3v) is 2.49. The second-order valence-electron chi connectivity index (χ2n) is 2.85. The van der Waals surface area contributed by atoms with Crippen molar-refractivity contribution in [3.8, 4) is 0 Å². The van der Waals surface area contributed by atoms with Crippen molar-refractivity contribution >= 4 is 21.6 Å². The minimum absolute atomic E-state index is 0.723. The molecule has 72 valence electrons. The fourth-order valence-electron chi connectivity index (χ4n) is 1.13. The fourth-order valence-corrected chi connectivity index (χ4v) is 1.74. The Morgan fingerprint density at radius 2 is 2.23 bits per heavy atom. The van der Waals surface area contributed by atoms with E-state index < -0.39 is 0 Å². The van der Waals surface area contributed by atoms with E-state index in [2.05, 4.69) is 34.2 Å². The Bertz CT molecular complexity index is 255. The molecule has 1 rings (SSSR count). The zero-order valence-corrected chi connectivity index (χ0v) is 9.52. The van der Waals surface area contributed by atoms with Crippen LogP contribution in [0.2, 0.25) is 0 Å². The van der Waals surface area contributed by atoms with Crippen LogP contribution in [0, 0.1) is 6.92 Å². The van der Waals surface area contributed by atoms with Crippen LogP contribution < -0.4 is 5.32 Å². The first kappa shape index (κ1) is 10.5. The molecule has 0 heterocycles. The minimum atomic E-state index is 0.723. The number of para-hydroxylation sites is 1. The standard InChI is InChI=1S/C10H14BrNO/c1-8-4-3-5-9(11)10(8)12-6-7-13-2/h3-5,12H,6-7H2,1-2H3. The molecule has 0 amide bonds. The van der Waals surface area contributed by atoms with Gasteiger partial charge in [-0.2, -0.15) is 0 Å². The quantitative estimate of drug-likeness (QED) is 0.822. The number of aryl methyl sites for hydroxylation is 1. The fraction of sp³-hybridized carbons (Fsp3) is 0.400. The Kier molecular flexibility index (Phi) is 4.25. The van der Waals surface area contributed by atoms with Crippen molar-refractivity contribution in [1.29, 1.82) is 0 Å². The van der Waals surface area contributed by atoms with Gasteiger partial charge in [-0.3, -0.25) is 0 Å². The molecule has 0 radical (unpaired) electrons. The highest BCUT2D eigenvalue weighted by molar-refractivity contribution is 9.10. The van der Waals surface area contributed by atoms with E-state index in [1.54, 1.807) is 7.11 Å². The molecule has 0 spiro atoms. The van der Waals surface area contributed by atoms with Gasteiger partial charge in [-0.05, 0) is 34.5 Å². The van der Waals surface area contributed by atoms with Crippen LogP contribution in [-0.2, 0) is 4.74 Å². The van der Waals surface area contributed by atoms with Crippen LogP contribution >= 0.6 is 15.9 Å². The van der Waals surface area contributed by atoms with Crippen LogP contribution in [0.3, 0.4) is 0 Å². The zero-order valence-electron chi connectivity index (χ0n) is 7.93. The molecule has 1 aromatic carbocycles. The van der Waals surface area contributed by atoms with E-state index in [0.717, 1.165) is 23.3 Å². The molecule has 0 aliphatic carbocycles. The monoisotopic (exact) mass is 243 g/mol. The van der Waals surface area contributed by atoms with E-state index in [0.29, 0.717) is 0 Å². The predicted molar refractivity (Wildman–Crippen MR) is 59.2 cm³/mol. The number of anilines is 1. The van der Waals surface area contributed by atoms with E-state index in [9.17, 15) is 0 Å². The second-order valence-corrected chi connectivity index (χ2v) is 3.71. The highest BCUT2D eigenvalue weighted by Crippen LogP contribution is 2.25. The molecule has 0 bridgehead atoms. The number of benzene rings is 1. The number of halogens is 1. The minimum Gasteiger partial charge on any atom is -0.383 e. The molecule has 0 saturated carbocycles. The van der Waals surface area contributed by atoms with Crippen LogP contribution in [0.5, 0.6) is 0 Å². The summed E-state index contributed by atoms with van der Waals surface area (Å²) in [5, 5.41) is 3.31. The van der Waals surface area contributed by atoms with E-state index in [1.165, 1.54) is 5.56 Å². The SMILES string of the molecule is COCCNc1c(C)cccc1Br. The molecular formula is C10H14BrNO. The second kappa shape index (κ2) is 5.25. The van der Waals surface area contributed by atoms with Gasteiger partial charge in [0.15, 0.2) is 0 Å². The van der Waals surface area contributed by atoms with Gasteiger partial charge in [0, 0.05) is 18.1 Å². The molecule has 0 fully saturated rings. The van der Waals surface area contributed by atoms with Gasteiger partial charge in [-0.15, -0.1) is 0 Å². The number of nitrogens with one attached hydrogen (secondary N) is 1. The maximum absolute atomic E-state index is 4.97. The first-order chi connectivity index (χ1) is 6.25.